The van der Waals surface area contributed by atoms with E-state index in [2.05, 4.69) is 0 Å². The molecule has 4 aromatic rings. The first-order valence-electron chi connectivity index (χ1n) is 10.8. The first-order chi connectivity index (χ1) is 16.1. The third-order valence-corrected chi connectivity index (χ3v) is 7.05. The first kappa shape index (κ1) is 24.0. The quantitative estimate of drug-likeness (QED) is 0.280. The van der Waals surface area contributed by atoms with Crippen LogP contribution in [0.4, 0.5) is 13.2 Å². The van der Waals surface area contributed by atoms with Gasteiger partial charge in [0, 0.05) is 18.3 Å². The van der Waals surface area contributed by atoms with E-state index in [0.717, 1.165) is 28.1 Å². The molecule has 0 aliphatic carbocycles. The molecule has 34 heavy (non-hydrogen) atoms. The van der Waals surface area contributed by atoms with Gasteiger partial charge in [0.1, 0.15) is 0 Å². The minimum absolute atomic E-state index is 0.0385. The Balaban J connectivity index is 1.44. The van der Waals surface area contributed by atoms with Crippen LogP contribution in [0.2, 0.25) is 0 Å². The van der Waals surface area contributed by atoms with Crippen molar-refractivity contribution in [2.75, 3.05) is 6.61 Å². The van der Waals surface area contributed by atoms with Gasteiger partial charge in [-0.1, -0.05) is 48.0 Å². The summed E-state index contributed by atoms with van der Waals surface area (Å²) in [5, 5.41) is 0.959. The van der Waals surface area contributed by atoms with Gasteiger partial charge in [-0.25, -0.2) is 0 Å². The zero-order valence-electron chi connectivity index (χ0n) is 18.5. The lowest BCUT2D eigenvalue weighted by atomic mass is 9.99. The number of aryl methyl sites for hydroxylation is 3. The van der Waals surface area contributed by atoms with Crippen molar-refractivity contribution in [3.8, 4) is 0 Å². The molecule has 0 spiro atoms. The van der Waals surface area contributed by atoms with Crippen LogP contribution < -0.4 is 0 Å². The van der Waals surface area contributed by atoms with Crippen LogP contribution >= 0.6 is 0 Å². The highest BCUT2D eigenvalue weighted by Gasteiger charge is 2.32. The molecule has 0 radical (unpaired) electrons. The van der Waals surface area contributed by atoms with Crippen molar-refractivity contribution >= 4 is 21.0 Å². The smallest absolute Gasteiger partial charge is 0.345 e. The zero-order valence-corrected chi connectivity index (χ0v) is 19.4. The molecular weight excluding hydrogens is 463 g/mol. The van der Waals surface area contributed by atoms with E-state index in [4.69, 9.17) is 4.18 Å². The molecule has 0 atom stereocenters. The number of nitrogens with zero attached hydrogens (tertiary/aromatic N) is 1. The average Bonchev–Trinajstić information content (AvgIpc) is 3.20. The van der Waals surface area contributed by atoms with Gasteiger partial charge in [-0.15, -0.1) is 0 Å². The topological polar surface area (TPSA) is 48.3 Å². The van der Waals surface area contributed by atoms with E-state index in [-0.39, 0.29) is 23.5 Å². The van der Waals surface area contributed by atoms with Gasteiger partial charge in [-0.2, -0.15) is 21.6 Å². The molecule has 0 fully saturated rings. The summed E-state index contributed by atoms with van der Waals surface area (Å²) >= 11 is 0. The Morgan fingerprint density at radius 3 is 2.38 bits per heavy atom. The second kappa shape index (κ2) is 9.64. The number of alkyl halides is 3. The van der Waals surface area contributed by atoms with Crippen LogP contribution in [-0.2, 0) is 39.9 Å². The second-order valence-corrected chi connectivity index (χ2v) is 9.76. The summed E-state index contributed by atoms with van der Waals surface area (Å²) in [5.41, 5.74) is 2.39. The summed E-state index contributed by atoms with van der Waals surface area (Å²) in [6.07, 6.45) is -1.82. The molecule has 0 amide bonds. The third-order valence-electron chi connectivity index (χ3n) is 5.72. The Bertz CT molecular complexity index is 1390. The van der Waals surface area contributed by atoms with Gasteiger partial charge in [-0.05, 0) is 66.6 Å². The fourth-order valence-electron chi connectivity index (χ4n) is 3.89. The summed E-state index contributed by atoms with van der Waals surface area (Å²) in [6, 6.07) is 19.7. The molecule has 4 nitrogen and oxygen atoms in total. The molecule has 0 aliphatic rings. The summed E-state index contributed by atoms with van der Waals surface area (Å²) in [6.45, 7) is 2.15. The molecule has 0 bridgehead atoms. The molecule has 0 N–H and O–H groups in total. The Labute approximate surface area is 196 Å². The highest BCUT2D eigenvalue weighted by atomic mass is 32.2. The van der Waals surface area contributed by atoms with Crippen LogP contribution in [0.15, 0.2) is 83.9 Å². The van der Waals surface area contributed by atoms with Crippen LogP contribution in [0, 0.1) is 6.92 Å². The summed E-state index contributed by atoms with van der Waals surface area (Å²) in [4.78, 5) is 0.108. The van der Waals surface area contributed by atoms with Crippen LogP contribution in [0.5, 0.6) is 0 Å². The molecule has 1 aromatic heterocycles. The van der Waals surface area contributed by atoms with Crippen molar-refractivity contribution in [1.82, 2.24) is 4.57 Å². The lowest BCUT2D eigenvalue weighted by molar-refractivity contribution is -0.138. The second-order valence-electron chi connectivity index (χ2n) is 8.15. The van der Waals surface area contributed by atoms with E-state index in [1.165, 1.54) is 24.3 Å². The van der Waals surface area contributed by atoms with E-state index < -0.39 is 21.9 Å². The molecule has 1 heterocycles. The standard InChI is InChI=1S/C26H24F3NO3S/c1-19-6-12-23(13-7-19)34(31,32)33-17-16-30-15-14-22-11-9-20(18-25(22)30)8-10-21-4-2-3-5-24(21)26(27,28)29/h2-7,9,11-15,18H,8,10,16-17H2,1H3. The number of rotatable bonds is 8. The number of hydrogen-bond acceptors (Lipinski definition) is 3. The van der Waals surface area contributed by atoms with Crippen molar-refractivity contribution in [3.63, 3.8) is 0 Å². The summed E-state index contributed by atoms with van der Waals surface area (Å²) in [7, 11) is -3.85. The number of aromatic nitrogens is 1. The van der Waals surface area contributed by atoms with Crippen molar-refractivity contribution < 1.29 is 25.8 Å². The van der Waals surface area contributed by atoms with Gasteiger partial charge in [0.15, 0.2) is 0 Å². The third kappa shape index (κ3) is 5.51. The minimum atomic E-state index is -4.38. The average molecular weight is 488 g/mol. The molecule has 178 valence electrons. The molecule has 0 unspecified atom stereocenters. The number of fused-ring (bicyclic) bond motifs is 1. The maximum Gasteiger partial charge on any atom is 0.416 e. The fraction of sp³-hybridized carbons (Fsp3) is 0.231. The highest BCUT2D eigenvalue weighted by molar-refractivity contribution is 7.86. The maximum absolute atomic E-state index is 13.3. The Morgan fingerprint density at radius 1 is 0.912 bits per heavy atom. The fourth-order valence-corrected chi connectivity index (χ4v) is 4.79. The largest absolute Gasteiger partial charge is 0.416 e. The summed E-state index contributed by atoms with van der Waals surface area (Å²) < 4.78 is 71.7. The van der Waals surface area contributed by atoms with E-state index in [1.54, 1.807) is 18.2 Å². The lowest BCUT2D eigenvalue weighted by Crippen LogP contribution is -2.12. The van der Waals surface area contributed by atoms with E-state index in [9.17, 15) is 21.6 Å². The SMILES string of the molecule is Cc1ccc(S(=O)(=O)OCCn2ccc3ccc(CCc4ccccc4C(F)(F)F)cc32)cc1. The molecule has 0 saturated carbocycles. The summed E-state index contributed by atoms with van der Waals surface area (Å²) in [5.74, 6) is 0. The van der Waals surface area contributed by atoms with Crippen molar-refractivity contribution in [3.05, 3.63) is 101 Å². The predicted molar refractivity (Wildman–Crippen MR) is 125 cm³/mol. The normalized spacial score (nSPS) is 12.4. The van der Waals surface area contributed by atoms with Crippen LogP contribution in [-0.4, -0.2) is 19.6 Å². The predicted octanol–water partition coefficient (Wildman–Crippen LogP) is 6.16. The van der Waals surface area contributed by atoms with Gasteiger partial charge in [0.25, 0.3) is 10.1 Å². The van der Waals surface area contributed by atoms with Gasteiger partial charge in [-0.3, -0.25) is 4.18 Å². The molecule has 4 rings (SSSR count). The molecule has 0 saturated heterocycles. The van der Waals surface area contributed by atoms with Gasteiger partial charge in [0.2, 0.25) is 0 Å². The van der Waals surface area contributed by atoms with Crippen molar-refractivity contribution in [2.45, 2.75) is 37.4 Å². The van der Waals surface area contributed by atoms with Gasteiger partial charge < -0.3 is 4.57 Å². The zero-order chi connectivity index (χ0) is 24.3. The number of benzene rings is 3. The number of hydrogen-bond donors (Lipinski definition) is 0. The van der Waals surface area contributed by atoms with Gasteiger partial charge in [0.05, 0.1) is 17.1 Å². The first-order valence-corrected chi connectivity index (χ1v) is 12.2. The van der Waals surface area contributed by atoms with E-state index in [1.807, 2.05) is 42.0 Å². The van der Waals surface area contributed by atoms with E-state index >= 15 is 0 Å². The van der Waals surface area contributed by atoms with Crippen LogP contribution in [0.25, 0.3) is 10.9 Å². The molecular formula is C26H24F3NO3S. The Hall–Kier alpha value is -3.10. The van der Waals surface area contributed by atoms with Crippen LogP contribution in [0.1, 0.15) is 22.3 Å². The lowest BCUT2D eigenvalue weighted by Gasteiger charge is -2.13. The molecule has 0 aliphatic heterocycles. The monoisotopic (exact) mass is 487 g/mol. The van der Waals surface area contributed by atoms with Crippen molar-refractivity contribution in [1.29, 1.82) is 0 Å². The highest BCUT2D eigenvalue weighted by Crippen LogP contribution is 2.32. The molecule has 3 aromatic carbocycles. The van der Waals surface area contributed by atoms with E-state index in [0.29, 0.717) is 13.0 Å². The molecule has 8 heteroatoms. The van der Waals surface area contributed by atoms with Crippen molar-refractivity contribution in [2.24, 2.45) is 0 Å². The Morgan fingerprint density at radius 2 is 1.65 bits per heavy atom. The number of halogens is 3. The maximum atomic E-state index is 13.3. The minimum Gasteiger partial charge on any atom is -0.345 e. The van der Waals surface area contributed by atoms with Gasteiger partial charge >= 0.3 is 6.18 Å². The van der Waals surface area contributed by atoms with Crippen LogP contribution in [0.3, 0.4) is 0 Å². The Kier molecular flexibility index (Phi) is 6.81.